The summed E-state index contributed by atoms with van der Waals surface area (Å²) < 4.78 is 11.9. The maximum atomic E-state index is 10.4. The molecule has 2 aromatic carbocycles. The van der Waals surface area contributed by atoms with Crippen molar-refractivity contribution < 1.29 is 19.7 Å². The van der Waals surface area contributed by atoms with E-state index in [1.807, 2.05) is 6.92 Å². The Morgan fingerprint density at radius 3 is 2.55 bits per heavy atom. The fourth-order valence-corrected chi connectivity index (χ4v) is 5.36. The Hall–Kier alpha value is -1.88. The lowest BCUT2D eigenvalue weighted by molar-refractivity contribution is -0.114. The Morgan fingerprint density at radius 1 is 1.06 bits per heavy atom. The van der Waals surface area contributed by atoms with Crippen molar-refractivity contribution >= 4 is 0 Å². The minimum atomic E-state index is -0.423. The van der Waals surface area contributed by atoms with Crippen LogP contribution in [0.4, 0.5) is 0 Å². The fraction of sp³-hybridized carbons (Fsp3) is 0.556. The van der Waals surface area contributed by atoms with E-state index < -0.39 is 6.10 Å². The van der Waals surface area contributed by atoms with Gasteiger partial charge < -0.3 is 19.7 Å². The fourth-order valence-electron chi connectivity index (χ4n) is 5.36. The SMILES string of the molecule is CCCc1c([C@H]2C[C@@H](O)C[C@@H](CO)O2)cc(Cc2ccc(OCC)cc2)c2c1CCC2. The summed E-state index contributed by atoms with van der Waals surface area (Å²) in [4.78, 5) is 0. The van der Waals surface area contributed by atoms with E-state index in [4.69, 9.17) is 9.47 Å². The first-order valence-electron chi connectivity index (χ1n) is 11.9. The third-order valence-electron chi connectivity index (χ3n) is 6.71. The highest BCUT2D eigenvalue weighted by atomic mass is 16.5. The predicted molar refractivity (Wildman–Crippen MR) is 123 cm³/mol. The monoisotopic (exact) mass is 424 g/mol. The molecule has 168 valence electrons. The van der Waals surface area contributed by atoms with Crippen molar-refractivity contribution in [2.24, 2.45) is 0 Å². The summed E-state index contributed by atoms with van der Waals surface area (Å²) in [6.45, 7) is 4.87. The molecule has 4 heteroatoms. The summed E-state index contributed by atoms with van der Waals surface area (Å²) in [6.07, 6.45) is 6.78. The van der Waals surface area contributed by atoms with Gasteiger partial charge in [0.25, 0.3) is 0 Å². The maximum absolute atomic E-state index is 10.4. The Morgan fingerprint density at radius 2 is 1.84 bits per heavy atom. The van der Waals surface area contributed by atoms with Crippen LogP contribution in [0.15, 0.2) is 30.3 Å². The number of aliphatic hydroxyl groups excluding tert-OH is 2. The van der Waals surface area contributed by atoms with Crippen molar-refractivity contribution in [3.05, 3.63) is 63.7 Å². The summed E-state index contributed by atoms with van der Waals surface area (Å²) in [5, 5.41) is 20.1. The van der Waals surface area contributed by atoms with Crippen LogP contribution in [0.1, 0.15) is 79.0 Å². The first kappa shape index (κ1) is 22.3. The van der Waals surface area contributed by atoms with E-state index in [1.54, 1.807) is 0 Å². The topological polar surface area (TPSA) is 58.9 Å². The van der Waals surface area contributed by atoms with E-state index in [0.717, 1.165) is 37.9 Å². The average molecular weight is 425 g/mol. The molecule has 31 heavy (non-hydrogen) atoms. The van der Waals surface area contributed by atoms with Gasteiger partial charge in [0, 0.05) is 12.8 Å². The Balaban J connectivity index is 1.70. The van der Waals surface area contributed by atoms with Crippen molar-refractivity contribution in [2.75, 3.05) is 13.2 Å². The lowest BCUT2D eigenvalue weighted by Crippen LogP contribution is -2.34. The average Bonchev–Trinajstić information content (AvgIpc) is 3.27. The van der Waals surface area contributed by atoms with Gasteiger partial charge in [0.15, 0.2) is 0 Å². The molecule has 0 unspecified atom stereocenters. The Kier molecular flexibility index (Phi) is 7.31. The van der Waals surface area contributed by atoms with Crippen LogP contribution in [0.5, 0.6) is 5.75 Å². The molecular weight excluding hydrogens is 388 g/mol. The maximum Gasteiger partial charge on any atom is 0.119 e. The van der Waals surface area contributed by atoms with E-state index in [1.165, 1.54) is 39.8 Å². The van der Waals surface area contributed by atoms with Gasteiger partial charge >= 0.3 is 0 Å². The Labute approximate surface area is 186 Å². The molecule has 0 saturated carbocycles. The van der Waals surface area contributed by atoms with Gasteiger partial charge in [-0.25, -0.2) is 0 Å². The number of fused-ring (bicyclic) bond motifs is 1. The van der Waals surface area contributed by atoms with Crippen LogP contribution in [-0.4, -0.2) is 35.6 Å². The summed E-state index contributed by atoms with van der Waals surface area (Å²) in [5.41, 5.74) is 8.38. The minimum Gasteiger partial charge on any atom is -0.494 e. The largest absolute Gasteiger partial charge is 0.494 e. The number of ether oxygens (including phenoxy) is 2. The molecule has 1 aliphatic carbocycles. The van der Waals surface area contributed by atoms with Gasteiger partial charge in [-0.05, 0) is 84.5 Å². The van der Waals surface area contributed by atoms with E-state index in [9.17, 15) is 10.2 Å². The summed E-state index contributed by atoms with van der Waals surface area (Å²) in [6, 6.07) is 10.8. The van der Waals surface area contributed by atoms with Gasteiger partial charge in [-0.15, -0.1) is 0 Å². The molecule has 3 atom stereocenters. The van der Waals surface area contributed by atoms with Crippen LogP contribution in [0.25, 0.3) is 0 Å². The zero-order valence-corrected chi connectivity index (χ0v) is 18.9. The molecular formula is C27H36O4. The number of hydrogen-bond acceptors (Lipinski definition) is 4. The third-order valence-corrected chi connectivity index (χ3v) is 6.71. The van der Waals surface area contributed by atoms with Crippen molar-refractivity contribution in [1.82, 2.24) is 0 Å². The second-order valence-corrected chi connectivity index (χ2v) is 8.97. The summed E-state index contributed by atoms with van der Waals surface area (Å²) in [5.74, 6) is 0.912. The molecule has 4 nitrogen and oxygen atoms in total. The van der Waals surface area contributed by atoms with Crippen LogP contribution in [0, 0.1) is 0 Å². The first-order valence-corrected chi connectivity index (χ1v) is 11.9. The summed E-state index contributed by atoms with van der Waals surface area (Å²) >= 11 is 0. The van der Waals surface area contributed by atoms with Gasteiger partial charge in [-0.3, -0.25) is 0 Å². The number of hydrogen-bond donors (Lipinski definition) is 2. The molecule has 0 bridgehead atoms. The molecule has 1 aliphatic heterocycles. The van der Waals surface area contributed by atoms with Crippen LogP contribution in [0.3, 0.4) is 0 Å². The van der Waals surface area contributed by atoms with Gasteiger partial charge in [0.2, 0.25) is 0 Å². The van der Waals surface area contributed by atoms with Crippen molar-refractivity contribution in [3.63, 3.8) is 0 Å². The van der Waals surface area contributed by atoms with Crippen LogP contribution in [0.2, 0.25) is 0 Å². The lowest BCUT2D eigenvalue weighted by atomic mass is 9.84. The summed E-state index contributed by atoms with van der Waals surface area (Å²) in [7, 11) is 0. The molecule has 0 aromatic heterocycles. The first-order chi connectivity index (χ1) is 15.1. The van der Waals surface area contributed by atoms with Crippen LogP contribution in [-0.2, 0) is 30.4 Å². The highest BCUT2D eigenvalue weighted by Gasteiger charge is 2.32. The molecule has 0 radical (unpaired) electrons. The molecule has 2 aromatic rings. The van der Waals surface area contributed by atoms with Gasteiger partial charge in [0.05, 0.1) is 31.5 Å². The molecule has 2 aliphatic rings. The smallest absolute Gasteiger partial charge is 0.119 e. The van der Waals surface area contributed by atoms with E-state index in [-0.39, 0.29) is 18.8 Å². The van der Waals surface area contributed by atoms with E-state index in [2.05, 4.69) is 37.3 Å². The zero-order valence-electron chi connectivity index (χ0n) is 18.9. The van der Waals surface area contributed by atoms with Crippen LogP contribution < -0.4 is 4.74 Å². The molecule has 2 N–H and O–H groups in total. The Bertz CT molecular complexity index is 874. The van der Waals surface area contributed by atoms with Crippen LogP contribution >= 0.6 is 0 Å². The number of rotatable bonds is 8. The molecule has 1 heterocycles. The van der Waals surface area contributed by atoms with E-state index in [0.29, 0.717) is 19.4 Å². The molecule has 0 spiro atoms. The molecule has 4 rings (SSSR count). The second kappa shape index (κ2) is 10.2. The number of aliphatic hydroxyl groups is 2. The molecule has 0 amide bonds. The van der Waals surface area contributed by atoms with Crippen molar-refractivity contribution in [1.29, 1.82) is 0 Å². The van der Waals surface area contributed by atoms with E-state index >= 15 is 0 Å². The van der Waals surface area contributed by atoms with Gasteiger partial charge in [-0.1, -0.05) is 31.5 Å². The number of benzene rings is 2. The van der Waals surface area contributed by atoms with Gasteiger partial charge in [0.1, 0.15) is 5.75 Å². The zero-order chi connectivity index (χ0) is 21.8. The quantitative estimate of drug-likeness (QED) is 0.645. The minimum absolute atomic E-state index is 0.0410. The standard InChI is InChI=1S/C27H36O4/c1-3-6-24-25-8-5-7-23(25)19(13-18-9-11-21(12-10-18)30-4-2)14-26(24)27-16-20(29)15-22(17-28)31-27/h9-12,14,20,22,27-29H,3-8,13,15-17H2,1-2H3/t20-,22-,27+/m0/s1. The lowest BCUT2D eigenvalue weighted by Gasteiger charge is -2.34. The van der Waals surface area contributed by atoms with Crippen molar-refractivity contribution in [3.8, 4) is 5.75 Å². The van der Waals surface area contributed by atoms with Gasteiger partial charge in [-0.2, -0.15) is 0 Å². The molecule has 1 fully saturated rings. The highest BCUT2D eigenvalue weighted by Crippen LogP contribution is 2.40. The second-order valence-electron chi connectivity index (χ2n) is 8.97. The van der Waals surface area contributed by atoms with Crippen molar-refractivity contribution in [2.45, 2.75) is 83.5 Å². The normalized spacial score (nSPS) is 23.0. The molecule has 1 saturated heterocycles. The third kappa shape index (κ3) is 4.97. The predicted octanol–water partition coefficient (Wildman–Crippen LogP) is 4.69. The highest BCUT2D eigenvalue weighted by molar-refractivity contribution is 5.51.